The first-order chi connectivity index (χ1) is 11.3. The molecule has 1 atom stereocenters. The molecule has 2 rings (SSSR count). The van der Waals surface area contributed by atoms with E-state index in [1.807, 2.05) is 52.0 Å². The summed E-state index contributed by atoms with van der Waals surface area (Å²) in [6.07, 6.45) is -0.132. The SMILES string of the molecule is Cc1ccc(O[C@@H](C)CNC(=O)C(C)(C)c2ccc(O)cc2)cc1. The van der Waals surface area contributed by atoms with Crippen molar-refractivity contribution in [2.45, 2.75) is 39.2 Å². The van der Waals surface area contributed by atoms with Gasteiger partial charge in [0.2, 0.25) is 5.91 Å². The quantitative estimate of drug-likeness (QED) is 0.853. The summed E-state index contributed by atoms with van der Waals surface area (Å²) in [4.78, 5) is 12.5. The van der Waals surface area contributed by atoms with E-state index in [2.05, 4.69) is 5.32 Å². The van der Waals surface area contributed by atoms with Crippen molar-refractivity contribution in [2.75, 3.05) is 6.54 Å². The molecule has 0 aromatic heterocycles. The Kier molecular flexibility index (Phi) is 5.50. The normalized spacial score (nSPS) is 12.5. The van der Waals surface area contributed by atoms with Gasteiger partial charge in [-0.3, -0.25) is 4.79 Å². The van der Waals surface area contributed by atoms with Crippen molar-refractivity contribution in [2.24, 2.45) is 0 Å². The van der Waals surface area contributed by atoms with Crippen LogP contribution in [0, 0.1) is 6.92 Å². The predicted molar refractivity (Wildman–Crippen MR) is 95.4 cm³/mol. The Bertz CT molecular complexity index is 675. The fraction of sp³-hybridized carbons (Fsp3) is 0.350. The number of aromatic hydroxyl groups is 1. The summed E-state index contributed by atoms with van der Waals surface area (Å²) >= 11 is 0. The highest BCUT2D eigenvalue weighted by Crippen LogP contribution is 2.25. The van der Waals surface area contributed by atoms with E-state index in [9.17, 15) is 9.90 Å². The van der Waals surface area contributed by atoms with Crippen LogP contribution in [-0.2, 0) is 10.2 Å². The molecular weight excluding hydrogens is 302 g/mol. The summed E-state index contributed by atoms with van der Waals surface area (Å²) in [5.41, 5.74) is 1.35. The lowest BCUT2D eigenvalue weighted by molar-refractivity contribution is -0.126. The predicted octanol–water partition coefficient (Wildman–Crippen LogP) is 3.56. The van der Waals surface area contributed by atoms with Gasteiger partial charge in [0.1, 0.15) is 17.6 Å². The molecule has 2 N–H and O–H groups in total. The van der Waals surface area contributed by atoms with Crippen molar-refractivity contribution in [1.82, 2.24) is 5.32 Å². The average Bonchev–Trinajstić information content (AvgIpc) is 2.55. The van der Waals surface area contributed by atoms with E-state index in [1.54, 1.807) is 24.3 Å². The van der Waals surface area contributed by atoms with Gasteiger partial charge in [0.15, 0.2) is 0 Å². The van der Waals surface area contributed by atoms with Gasteiger partial charge in [-0.05, 0) is 57.5 Å². The first kappa shape index (κ1) is 17.9. The number of benzene rings is 2. The van der Waals surface area contributed by atoms with E-state index in [0.29, 0.717) is 6.54 Å². The summed E-state index contributed by atoms with van der Waals surface area (Å²) in [6.45, 7) is 8.10. The Hall–Kier alpha value is -2.49. The molecule has 0 saturated heterocycles. The monoisotopic (exact) mass is 327 g/mol. The van der Waals surface area contributed by atoms with Gasteiger partial charge in [-0.15, -0.1) is 0 Å². The number of nitrogens with one attached hydrogen (secondary N) is 1. The maximum absolute atomic E-state index is 12.5. The van der Waals surface area contributed by atoms with Gasteiger partial charge in [0.05, 0.1) is 12.0 Å². The maximum Gasteiger partial charge on any atom is 0.230 e. The summed E-state index contributed by atoms with van der Waals surface area (Å²) < 4.78 is 5.81. The van der Waals surface area contributed by atoms with Crippen LogP contribution in [0.5, 0.6) is 11.5 Å². The van der Waals surface area contributed by atoms with Gasteiger partial charge in [-0.1, -0.05) is 29.8 Å². The largest absolute Gasteiger partial charge is 0.508 e. The number of hydrogen-bond acceptors (Lipinski definition) is 3. The molecule has 0 aliphatic heterocycles. The molecule has 2 aromatic rings. The average molecular weight is 327 g/mol. The summed E-state index contributed by atoms with van der Waals surface area (Å²) in [6, 6.07) is 14.6. The Morgan fingerprint density at radius 3 is 2.29 bits per heavy atom. The Morgan fingerprint density at radius 2 is 1.71 bits per heavy atom. The van der Waals surface area contributed by atoms with Gasteiger partial charge >= 0.3 is 0 Å². The minimum atomic E-state index is -0.683. The van der Waals surface area contributed by atoms with E-state index >= 15 is 0 Å². The van der Waals surface area contributed by atoms with E-state index in [0.717, 1.165) is 11.3 Å². The van der Waals surface area contributed by atoms with Gasteiger partial charge in [0, 0.05) is 0 Å². The van der Waals surface area contributed by atoms with Crippen LogP contribution in [0.15, 0.2) is 48.5 Å². The summed E-state index contributed by atoms with van der Waals surface area (Å²) in [5, 5.41) is 12.3. The van der Waals surface area contributed by atoms with Crippen molar-refractivity contribution in [3.63, 3.8) is 0 Å². The molecule has 24 heavy (non-hydrogen) atoms. The zero-order chi connectivity index (χ0) is 17.7. The lowest BCUT2D eigenvalue weighted by atomic mass is 9.83. The van der Waals surface area contributed by atoms with Crippen LogP contribution >= 0.6 is 0 Å². The number of carbonyl (C=O) groups is 1. The Morgan fingerprint density at radius 1 is 1.12 bits per heavy atom. The van der Waals surface area contributed by atoms with Crippen LogP contribution in [0.1, 0.15) is 31.9 Å². The number of hydrogen-bond donors (Lipinski definition) is 2. The molecule has 0 heterocycles. The third-order valence-electron chi connectivity index (χ3n) is 4.06. The molecule has 0 fully saturated rings. The molecule has 4 nitrogen and oxygen atoms in total. The Balaban J connectivity index is 1.91. The van der Waals surface area contributed by atoms with Crippen molar-refractivity contribution in [3.8, 4) is 11.5 Å². The van der Waals surface area contributed by atoms with Gasteiger partial charge < -0.3 is 15.2 Å². The van der Waals surface area contributed by atoms with E-state index in [-0.39, 0.29) is 17.8 Å². The van der Waals surface area contributed by atoms with Crippen LogP contribution in [-0.4, -0.2) is 23.7 Å². The number of carbonyl (C=O) groups excluding carboxylic acids is 1. The van der Waals surface area contributed by atoms with Crippen LogP contribution in [0.4, 0.5) is 0 Å². The molecule has 0 unspecified atom stereocenters. The number of phenols is 1. The van der Waals surface area contributed by atoms with E-state index in [1.165, 1.54) is 5.56 Å². The van der Waals surface area contributed by atoms with Crippen LogP contribution < -0.4 is 10.1 Å². The third-order valence-corrected chi connectivity index (χ3v) is 4.06. The zero-order valence-electron chi connectivity index (χ0n) is 14.7. The highest BCUT2D eigenvalue weighted by molar-refractivity contribution is 5.87. The topological polar surface area (TPSA) is 58.6 Å². The van der Waals surface area contributed by atoms with Crippen molar-refractivity contribution in [1.29, 1.82) is 0 Å². The highest BCUT2D eigenvalue weighted by Gasteiger charge is 2.29. The summed E-state index contributed by atoms with van der Waals surface area (Å²) in [5.74, 6) is 0.905. The smallest absolute Gasteiger partial charge is 0.230 e. The molecule has 0 saturated carbocycles. The number of aryl methyl sites for hydroxylation is 1. The highest BCUT2D eigenvalue weighted by atomic mass is 16.5. The molecule has 0 aliphatic carbocycles. The van der Waals surface area contributed by atoms with Crippen molar-refractivity contribution < 1.29 is 14.6 Å². The van der Waals surface area contributed by atoms with Crippen molar-refractivity contribution >= 4 is 5.91 Å². The van der Waals surface area contributed by atoms with Gasteiger partial charge in [-0.25, -0.2) is 0 Å². The van der Waals surface area contributed by atoms with Crippen LogP contribution in [0.25, 0.3) is 0 Å². The molecule has 4 heteroatoms. The molecule has 0 radical (unpaired) electrons. The lowest BCUT2D eigenvalue weighted by Gasteiger charge is -2.25. The van der Waals surface area contributed by atoms with Crippen molar-refractivity contribution in [3.05, 3.63) is 59.7 Å². The number of rotatable bonds is 6. The fourth-order valence-corrected chi connectivity index (χ4v) is 2.36. The molecule has 0 spiro atoms. The maximum atomic E-state index is 12.5. The molecular formula is C20H25NO3. The summed E-state index contributed by atoms with van der Waals surface area (Å²) in [7, 11) is 0. The van der Waals surface area contributed by atoms with Crippen LogP contribution in [0.2, 0.25) is 0 Å². The third kappa shape index (κ3) is 4.51. The molecule has 1 amide bonds. The zero-order valence-corrected chi connectivity index (χ0v) is 14.7. The molecule has 2 aromatic carbocycles. The lowest BCUT2D eigenvalue weighted by Crippen LogP contribution is -2.43. The number of ether oxygens (including phenoxy) is 1. The van der Waals surface area contributed by atoms with E-state index in [4.69, 9.17) is 4.74 Å². The number of amides is 1. The second kappa shape index (κ2) is 7.39. The molecule has 0 bridgehead atoms. The first-order valence-corrected chi connectivity index (χ1v) is 8.10. The fourth-order valence-electron chi connectivity index (χ4n) is 2.36. The second-order valence-corrected chi connectivity index (χ2v) is 6.62. The molecule has 128 valence electrons. The standard InChI is InChI=1S/C20H25NO3/c1-14-5-11-18(12-6-14)24-15(2)13-21-19(23)20(3,4)16-7-9-17(22)10-8-16/h5-12,15,22H,13H2,1-4H3,(H,21,23)/t15-/m0/s1. The van der Waals surface area contributed by atoms with E-state index < -0.39 is 5.41 Å². The van der Waals surface area contributed by atoms with Gasteiger partial charge in [-0.2, -0.15) is 0 Å². The first-order valence-electron chi connectivity index (χ1n) is 8.10. The minimum Gasteiger partial charge on any atom is -0.508 e. The Labute approximate surface area is 143 Å². The second-order valence-electron chi connectivity index (χ2n) is 6.62. The van der Waals surface area contributed by atoms with Crippen LogP contribution in [0.3, 0.4) is 0 Å². The molecule has 0 aliphatic rings. The van der Waals surface area contributed by atoms with Gasteiger partial charge in [0.25, 0.3) is 0 Å². The number of phenolic OH excluding ortho intramolecular Hbond substituents is 1. The minimum absolute atomic E-state index is 0.0763.